The number of rotatable bonds is 8. The zero-order valence-corrected chi connectivity index (χ0v) is 12.5. The van der Waals surface area contributed by atoms with E-state index in [1.165, 1.54) is 32.1 Å². The van der Waals surface area contributed by atoms with Gasteiger partial charge in [-0.2, -0.15) is 0 Å². The maximum atomic E-state index is 12.3. The molecule has 0 aromatic heterocycles. The lowest BCUT2D eigenvalue weighted by Crippen LogP contribution is -2.52. The second-order valence-electron chi connectivity index (χ2n) is 6.69. The Morgan fingerprint density at radius 1 is 1.25 bits per heavy atom. The van der Waals surface area contributed by atoms with Crippen LogP contribution in [-0.4, -0.2) is 36.9 Å². The van der Waals surface area contributed by atoms with Crippen molar-refractivity contribution in [3.8, 4) is 0 Å². The summed E-state index contributed by atoms with van der Waals surface area (Å²) in [6.45, 7) is 3.19. The smallest absolute Gasteiger partial charge is 0.326 e. The lowest BCUT2D eigenvalue weighted by atomic mass is 9.97. The molecule has 0 bridgehead atoms. The van der Waals surface area contributed by atoms with Crippen LogP contribution in [0.1, 0.15) is 58.3 Å². The molecule has 3 rings (SSSR count). The van der Waals surface area contributed by atoms with E-state index in [1.807, 2.05) is 6.92 Å². The molecular formula is C16H27NO3. The Kier molecular flexibility index (Phi) is 4.32. The third-order valence-corrected chi connectivity index (χ3v) is 4.77. The Hall–Kier alpha value is -0.610. The van der Waals surface area contributed by atoms with Crippen molar-refractivity contribution < 1.29 is 14.3 Å². The van der Waals surface area contributed by atoms with Crippen LogP contribution in [0.25, 0.3) is 0 Å². The molecule has 0 heterocycles. The molecule has 3 aliphatic rings. The summed E-state index contributed by atoms with van der Waals surface area (Å²) in [6, 6.07) is 0.518. The zero-order valence-electron chi connectivity index (χ0n) is 12.5. The predicted molar refractivity (Wildman–Crippen MR) is 76.5 cm³/mol. The van der Waals surface area contributed by atoms with Gasteiger partial charge in [-0.05, 0) is 44.9 Å². The van der Waals surface area contributed by atoms with E-state index in [9.17, 15) is 4.79 Å². The Balaban J connectivity index is 1.51. The van der Waals surface area contributed by atoms with Crippen LogP contribution in [0.3, 0.4) is 0 Å². The van der Waals surface area contributed by atoms with E-state index in [0.29, 0.717) is 12.6 Å². The molecule has 3 aliphatic carbocycles. The van der Waals surface area contributed by atoms with Crippen molar-refractivity contribution in [3.63, 3.8) is 0 Å². The Labute approximate surface area is 121 Å². The van der Waals surface area contributed by atoms with Crippen molar-refractivity contribution in [2.24, 2.45) is 5.92 Å². The molecule has 0 aromatic carbocycles. The second kappa shape index (κ2) is 6.02. The number of esters is 1. The van der Waals surface area contributed by atoms with Crippen molar-refractivity contribution in [1.82, 2.24) is 5.32 Å². The van der Waals surface area contributed by atoms with Gasteiger partial charge in [0.25, 0.3) is 0 Å². The first-order chi connectivity index (χ1) is 9.72. The van der Waals surface area contributed by atoms with E-state index in [2.05, 4.69) is 5.32 Å². The van der Waals surface area contributed by atoms with Crippen LogP contribution in [-0.2, 0) is 14.3 Å². The summed E-state index contributed by atoms with van der Waals surface area (Å²) in [4.78, 5) is 12.3. The Morgan fingerprint density at radius 3 is 2.70 bits per heavy atom. The molecule has 0 aliphatic heterocycles. The number of ether oxygens (including phenoxy) is 2. The Bertz CT molecular complexity index is 352. The number of hydrogen-bond acceptors (Lipinski definition) is 4. The summed E-state index contributed by atoms with van der Waals surface area (Å²) in [7, 11) is 0. The number of hydrogen-bond donors (Lipinski definition) is 1. The summed E-state index contributed by atoms with van der Waals surface area (Å²) in [5.41, 5.74) is -0.471. The molecule has 4 heteroatoms. The van der Waals surface area contributed by atoms with Gasteiger partial charge in [-0.3, -0.25) is 10.1 Å². The van der Waals surface area contributed by atoms with Crippen molar-refractivity contribution in [3.05, 3.63) is 0 Å². The van der Waals surface area contributed by atoms with Gasteiger partial charge in [-0.25, -0.2) is 0 Å². The van der Waals surface area contributed by atoms with Gasteiger partial charge in [0, 0.05) is 19.1 Å². The van der Waals surface area contributed by atoms with E-state index < -0.39 is 5.54 Å². The second-order valence-corrected chi connectivity index (χ2v) is 6.69. The Morgan fingerprint density at radius 2 is 2.05 bits per heavy atom. The zero-order chi connectivity index (χ0) is 14.0. The predicted octanol–water partition coefficient (Wildman–Crippen LogP) is 2.41. The standard InChI is InChI=1S/C16H27NO3/c1-2-19-15(18)16(17-13-5-6-13)9-7-14(11-16)20-10-8-12-3-4-12/h12-14,17H,2-11H2,1H3. The summed E-state index contributed by atoms with van der Waals surface area (Å²) >= 11 is 0. The summed E-state index contributed by atoms with van der Waals surface area (Å²) < 4.78 is 11.3. The van der Waals surface area contributed by atoms with Gasteiger partial charge in [0.05, 0.1) is 12.7 Å². The van der Waals surface area contributed by atoms with Crippen molar-refractivity contribution in [2.75, 3.05) is 13.2 Å². The third-order valence-electron chi connectivity index (χ3n) is 4.77. The topological polar surface area (TPSA) is 47.6 Å². The number of nitrogens with one attached hydrogen (secondary N) is 1. The molecule has 1 N–H and O–H groups in total. The molecule has 20 heavy (non-hydrogen) atoms. The van der Waals surface area contributed by atoms with Crippen molar-refractivity contribution >= 4 is 5.97 Å². The number of carbonyl (C=O) groups is 1. The number of carbonyl (C=O) groups excluding carboxylic acids is 1. The van der Waals surface area contributed by atoms with Gasteiger partial charge < -0.3 is 9.47 Å². The molecule has 114 valence electrons. The average Bonchev–Trinajstić information content (AvgIpc) is 3.32. The first-order valence-corrected chi connectivity index (χ1v) is 8.28. The van der Waals surface area contributed by atoms with E-state index >= 15 is 0 Å². The minimum atomic E-state index is -0.471. The SMILES string of the molecule is CCOC(=O)C1(NC2CC2)CCC(OCCC2CC2)C1. The largest absolute Gasteiger partial charge is 0.465 e. The normalized spacial score (nSPS) is 33.4. The van der Waals surface area contributed by atoms with Crippen LogP contribution >= 0.6 is 0 Å². The van der Waals surface area contributed by atoms with E-state index in [-0.39, 0.29) is 12.1 Å². The molecule has 0 aromatic rings. The average molecular weight is 281 g/mol. The van der Waals surface area contributed by atoms with Crippen LogP contribution in [0.4, 0.5) is 0 Å². The molecule has 3 saturated carbocycles. The van der Waals surface area contributed by atoms with Gasteiger partial charge in [-0.15, -0.1) is 0 Å². The molecular weight excluding hydrogens is 254 g/mol. The fourth-order valence-electron chi connectivity index (χ4n) is 3.21. The van der Waals surface area contributed by atoms with Gasteiger partial charge in [0.2, 0.25) is 0 Å². The highest BCUT2D eigenvalue weighted by atomic mass is 16.5. The highest BCUT2D eigenvalue weighted by Gasteiger charge is 2.49. The van der Waals surface area contributed by atoms with E-state index in [0.717, 1.165) is 31.8 Å². The summed E-state index contributed by atoms with van der Waals surface area (Å²) in [5.74, 6) is 0.844. The maximum Gasteiger partial charge on any atom is 0.326 e. The van der Waals surface area contributed by atoms with Crippen LogP contribution in [0.15, 0.2) is 0 Å². The molecule has 4 nitrogen and oxygen atoms in total. The molecule has 3 fully saturated rings. The third kappa shape index (κ3) is 3.53. The molecule has 0 saturated heterocycles. The molecule has 0 spiro atoms. The van der Waals surface area contributed by atoms with Gasteiger partial charge in [0.15, 0.2) is 0 Å². The monoisotopic (exact) mass is 281 g/mol. The highest BCUT2D eigenvalue weighted by molar-refractivity contribution is 5.81. The fraction of sp³-hybridized carbons (Fsp3) is 0.938. The van der Waals surface area contributed by atoms with Gasteiger partial charge >= 0.3 is 5.97 Å². The fourth-order valence-corrected chi connectivity index (χ4v) is 3.21. The molecule has 2 unspecified atom stereocenters. The lowest BCUT2D eigenvalue weighted by Gasteiger charge is -2.28. The van der Waals surface area contributed by atoms with Crippen LogP contribution in [0, 0.1) is 5.92 Å². The van der Waals surface area contributed by atoms with Crippen LogP contribution in [0.2, 0.25) is 0 Å². The van der Waals surface area contributed by atoms with Crippen molar-refractivity contribution in [1.29, 1.82) is 0 Å². The minimum absolute atomic E-state index is 0.0693. The quantitative estimate of drug-likeness (QED) is 0.694. The molecule has 2 atom stereocenters. The first-order valence-electron chi connectivity index (χ1n) is 8.28. The molecule has 0 amide bonds. The van der Waals surface area contributed by atoms with Crippen LogP contribution < -0.4 is 5.32 Å². The first kappa shape index (κ1) is 14.3. The van der Waals surface area contributed by atoms with Crippen molar-refractivity contribution in [2.45, 2.75) is 76.0 Å². The highest BCUT2D eigenvalue weighted by Crippen LogP contribution is 2.37. The summed E-state index contributed by atoms with van der Waals surface area (Å²) in [5, 5.41) is 3.54. The summed E-state index contributed by atoms with van der Waals surface area (Å²) in [6.07, 6.45) is 9.17. The van der Waals surface area contributed by atoms with Crippen LogP contribution in [0.5, 0.6) is 0 Å². The van der Waals surface area contributed by atoms with E-state index in [4.69, 9.17) is 9.47 Å². The lowest BCUT2D eigenvalue weighted by molar-refractivity contribution is -0.151. The van der Waals surface area contributed by atoms with E-state index in [1.54, 1.807) is 0 Å². The maximum absolute atomic E-state index is 12.3. The van der Waals surface area contributed by atoms with Gasteiger partial charge in [-0.1, -0.05) is 12.8 Å². The minimum Gasteiger partial charge on any atom is -0.465 e. The van der Waals surface area contributed by atoms with Gasteiger partial charge in [0.1, 0.15) is 5.54 Å². The molecule has 0 radical (unpaired) electrons.